The van der Waals surface area contributed by atoms with Gasteiger partial charge in [0.1, 0.15) is 5.75 Å². The predicted octanol–water partition coefficient (Wildman–Crippen LogP) is 3.88. The minimum absolute atomic E-state index is 0.0389. The molecule has 0 atom stereocenters. The molecule has 0 bridgehead atoms. The average Bonchev–Trinajstić information content (AvgIpc) is 2.73. The molecular formula is C24H30N2O3. The van der Waals surface area contributed by atoms with Gasteiger partial charge in [-0.2, -0.15) is 0 Å². The van der Waals surface area contributed by atoms with Gasteiger partial charge in [-0.3, -0.25) is 9.59 Å². The second kappa shape index (κ2) is 10.1. The van der Waals surface area contributed by atoms with Gasteiger partial charge in [0.2, 0.25) is 5.91 Å². The van der Waals surface area contributed by atoms with E-state index >= 15 is 0 Å². The summed E-state index contributed by atoms with van der Waals surface area (Å²) >= 11 is 0. The largest absolute Gasteiger partial charge is 0.494 e. The van der Waals surface area contributed by atoms with Crippen LogP contribution >= 0.6 is 0 Å². The van der Waals surface area contributed by atoms with Gasteiger partial charge in [0.05, 0.1) is 6.61 Å². The van der Waals surface area contributed by atoms with Crippen LogP contribution in [0, 0.1) is 13.8 Å². The molecule has 5 nitrogen and oxygen atoms in total. The lowest BCUT2D eigenvalue weighted by Crippen LogP contribution is -2.46. The Morgan fingerprint density at radius 2 is 1.55 bits per heavy atom. The SMILES string of the molecule is Cc1ccc(OCCCC(=O)N2CCC(NC(=O)c3ccc(C)cc3)CC2)cc1. The van der Waals surface area contributed by atoms with Crippen molar-refractivity contribution in [2.24, 2.45) is 0 Å². The van der Waals surface area contributed by atoms with Gasteiger partial charge < -0.3 is 15.0 Å². The summed E-state index contributed by atoms with van der Waals surface area (Å²) in [7, 11) is 0. The van der Waals surface area contributed by atoms with Crippen molar-refractivity contribution in [3.63, 3.8) is 0 Å². The Hall–Kier alpha value is -2.82. The molecule has 154 valence electrons. The Morgan fingerprint density at radius 3 is 2.17 bits per heavy atom. The van der Waals surface area contributed by atoms with E-state index < -0.39 is 0 Å². The van der Waals surface area contributed by atoms with Gasteiger partial charge in [0.25, 0.3) is 5.91 Å². The predicted molar refractivity (Wildman–Crippen MR) is 114 cm³/mol. The molecule has 29 heavy (non-hydrogen) atoms. The van der Waals surface area contributed by atoms with Gasteiger partial charge in [0, 0.05) is 31.1 Å². The summed E-state index contributed by atoms with van der Waals surface area (Å²) in [4.78, 5) is 26.7. The van der Waals surface area contributed by atoms with E-state index in [-0.39, 0.29) is 17.9 Å². The van der Waals surface area contributed by atoms with Crippen LogP contribution in [0.3, 0.4) is 0 Å². The summed E-state index contributed by atoms with van der Waals surface area (Å²) < 4.78 is 5.69. The summed E-state index contributed by atoms with van der Waals surface area (Å²) in [6, 6.07) is 15.6. The molecule has 0 saturated carbocycles. The van der Waals surface area contributed by atoms with Crippen molar-refractivity contribution in [3.05, 3.63) is 65.2 Å². The maximum Gasteiger partial charge on any atom is 0.251 e. The fourth-order valence-corrected chi connectivity index (χ4v) is 3.45. The Labute approximate surface area is 173 Å². The first-order valence-electron chi connectivity index (χ1n) is 10.4. The van der Waals surface area contributed by atoms with Gasteiger partial charge in [-0.05, 0) is 57.4 Å². The molecule has 0 radical (unpaired) electrons. The fourth-order valence-electron chi connectivity index (χ4n) is 3.45. The molecule has 1 aliphatic heterocycles. The highest BCUT2D eigenvalue weighted by Crippen LogP contribution is 2.15. The molecule has 0 spiro atoms. The van der Waals surface area contributed by atoms with Crippen LogP contribution in [-0.2, 0) is 4.79 Å². The zero-order chi connectivity index (χ0) is 20.6. The second-order valence-corrected chi connectivity index (χ2v) is 7.76. The van der Waals surface area contributed by atoms with Crippen LogP contribution < -0.4 is 10.1 Å². The highest BCUT2D eigenvalue weighted by atomic mass is 16.5. The lowest BCUT2D eigenvalue weighted by molar-refractivity contribution is -0.132. The Morgan fingerprint density at radius 1 is 0.966 bits per heavy atom. The molecule has 0 unspecified atom stereocenters. The maximum absolute atomic E-state index is 12.4. The normalized spacial score (nSPS) is 14.5. The molecule has 2 aromatic carbocycles. The number of nitrogens with zero attached hydrogens (tertiary/aromatic N) is 1. The number of nitrogens with one attached hydrogen (secondary N) is 1. The molecule has 5 heteroatoms. The first kappa shape index (κ1) is 20.9. The number of piperidine rings is 1. The summed E-state index contributed by atoms with van der Waals surface area (Å²) in [5, 5.41) is 3.09. The van der Waals surface area contributed by atoms with Crippen LogP contribution in [0.1, 0.15) is 47.2 Å². The first-order chi connectivity index (χ1) is 14.0. The number of ether oxygens (including phenoxy) is 1. The summed E-state index contributed by atoms with van der Waals surface area (Å²) in [6.45, 7) is 5.97. The lowest BCUT2D eigenvalue weighted by atomic mass is 10.0. The van der Waals surface area contributed by atoms with Crippen LogP contribution in [0.5, 0.6) is 5.75 Å². The molecule has 1 saturated heterocycles. The smallest absolute Gasteiger partial charge is 0.251 e. The number of benzene rings is 2. The molecule has 1 aliphatic rings. The van der Waals surface area contributed by atoms with Crippen molar-refractivity contribution < 1.29 is 14.3 Å². The van der Waals surface area contributed by atoms with Gasteiger partial charge in [-0.15, -0.1) is 0 Å². The van der Waals surface area contributed by atoms with E-state index in [0.29, 0.717) is 38.1 Å². The Balaban J connectivity index is 1.34. The third-order valence-electron chi connectivity index (χ3n) is 5.32. The fraction of sp³-hybridized carbons (Fsp3) is 0.417. The van der Waals surface area contributed by atoms with E-state index in [1.54, 1.807) is 0 Å². The molecular weight excluding hydrogens is 364 g/mol. The van der Waals surface area contributed by atoms with Crippen molar-refractivity contribution in [1.29, 1.82) is 0 Å². The number of likely N-dealkylation sites (tertiary alicyclic amines) is 1. The van der Waals surface area contributed by atoms with Gasteiger partial charge in [-0.1, -0.05) is 35.4 Å². The van der Waals surface area contributed by atoms with E-state index in [2.05, 4.69) is 5.32 Å². The number of hydrogen-bond acceptors (Lipinski definition) is 3. The lowest BCUT2D eigenvalue weighted by Gasteiger charge is -2.32. The summed E-state index contributed by atoms with van der Waals surface area (Å²) in [5.74, 6) is 0.969. The van der Waals surface area contributed by atoms with Gasteiger partial charge >= 0.3 is 0 Å². The van der Waals surface area contributed by atoms with Gasteiger partial charge in [-0.25, -0.2) is 0 Å². The minimum Gasteiger partial charge on any atom is -0.494 e. The average molecular weight is 395 g/mol. The molecule has 2 aromatic rings. The zero-order valence-corrected chi connectivity index (χ0v) is 17.3. The van der Waals surface area contributed by atoms with Crippen LogP contribution in [0.15, 0.2) is 48.5 Å². The third-order valence-corrected chi connectivity index (χ3v) is 5.32. The van der Waals surface area contributed by atoms with Crippen LogP contribution in [0.2, 0.25) is 0 Å². The maximum atomic E-state index is 12.4. The summed E-state index contributed by atoms with van der Waals surface area (Å²) in [6.07, 6.45) is 2.79. The van der Waals surface area contributed by atoms with Crippen molar-refractivity contribution in [3.8, 4) is 5.75 Å². The van der Waals surface area contributed by atoms with Crippen LogP contribution in [0.4, 0.5) is 0 Å². The molecule has 0 aromatic heterocycles. The van der Waals surface area contributed by atoms with Gasteiger partial charge in [0.15, 0.2) is 0 Å². The van der Waals surface area contributed by atoms with Crippen molar-refractivity contribution in [1.82, 2.24) is 10.2 Å². The second-order valence-electron chi connectivity index (χ2n) is 7.76. The van der Waals surface area contributed by atoms with Crippen LogP contribution in [0.25, 0.3) is 0 Å². The third kappa shape index (κ3) is 6.34. The highest BCUT2D eigenvalue weighted by Gasteiger charge is 2.23. The van der Waals surface area contributed by atoms with E-state index in [0.717, 1.165) is 24.2 Å². The molecule has 1 heterocycles. The van der Waals surface area contributed by atoms with Crippen LogP contribution in [-0.4, -0.2) is 42.5 Å². The number of rotatable bonds is 7. The number of carbonyl (C=O) groups is 2. The van der Waals surface area contributed by atoms with Crippen molar-refractivity contribution in [2.45, 2.75) is 45.6 Å². The van der Waals surface area contributed by atoms with E-state index in [9.17, 15) is 9.59 Å². The number of carbonyl (C=O) groups excluding carboxylic acids is 2. The standard InChI is InChI=1S/C24H30N2O3/c1-18-5-9-20(10-6-18)24(28)25-21-13-15-26(16-14-21)23(27)4-3-17-29-22-11-7-19(2)8-12-22/h5-12,21H,3-4,13-17H2,1-2H3,(H,25,28). The minimum atomic E-state index is -0.0389. The molecule has 2 amide bonds. The van der Waals surface area contributed by atoms with Crippen molar-refractivity contribution in [2.75, 3.05) is 19.7 Å². The van der Waals surface area contributed by atoms with E-state index in [1.165, 1.54) is 5.56 Å². The molecule has 1 N–H and O–H groups in total. The number of hydrogen-bond donors (Lipinski definition) is 1. The number of amides is 2. The monoisotopic (exact) mass is 394 g/mol. The molecule has 1 fully saturated rings. The Kier molecular flexibility index (Phi) is 7.28. The zero-order valence-electron chi connectivity index (χ0n) is 17.3. The topological polar surface area (TPSA) is 58.6 Å². The highest BCUT2D eigenvalue weighted by molar-refractivity contribution is 5.94. The first-order valence-corrected chi connectivity index (χ1v) is 10.4. The van der Waals surface area contributed by atoms with Crippen molar-refractivity contribution >= 4 is 11.8 Å². The molecule has 3 rings (SSSR count). The Bertz CT molecular complexity index is 807. The number of aryl methyl sites for hydroxylation is 2. The van der Waals surface area contributed by atoms with E-state index in [1.807, 2.05) is 67.3 Å². The van der Waals surface area contributed by atoms with E-state index in [4.69, 9.17) is 4.74 Å². The molecule has 0 aliphatic carbocycles. The summed E-state index contributed by atoms with van der Waals surface area (Å²) in [5.41, 5.74) is 3.02. The quantitative estimate of drug-likeness (QED) is 0.725.